The summed E-state index contributed by atoms with van der Waals surface area (Å²) in [5.74, 6) is -0.863. The largest absolute Gasteiger partial charge is 0.478 e. The highest BCUT2D eigenvalue weighted by atomic mass is 32.4. The summed E-state index contributed by atoms with van der Waals surface area (Å²) in [6.45, 7) is 1.78. The Morgan fingerprint density at radius 2 is 1.20 bits per heavy atom. The second kappa shape index (κ2) is 8.72. The predicted octanol–water partition coefficient (Wildman–Crippen LogP) is 3.72. The van der Waals surface area contributed by atoms with Crippen molar-refractivity contribution in [2.24, 2.45) is 0 Å². The van der Waals surface area contributed by atoms with Crippen LogP contribution < -0.4 is 10.6 Å². The molecule has 128 valence electrons. The second-order valence-corrected chi connectivity index (χ2v) is 9.14. The minimum atomic E-state index is -2.56. The molecular weight excluding hydrogens is 351 g/mol. The van der Waals surface area contributed by atoms with E-state index in [0.29, 0.717) is 5.56 Å². The van der Waals surface area contributed by atoms with Crippen molar-refractivity contribution >= 4 is 34.6 Å². The van der Waals surface area contributed by atoms with Crippen molar-refractivity contribution in [3.05, 3.63) is 96.1 Å². The molecule has 0 bridgehead atoms. The molecule has 0 unspecified atom stereocenters. The molecule has 0 saturated heterocycles. The first-order chi connectivity index (χ1) is 11.9. The number of aryl methyl sites for hydroxylation is 1. The van der Waals surface area contributed by atoms with Gasteiger partial charge in [-0.15, -0.1) is 0 Å². The molecule has 0 spiro atoms. The Labute approximate surface area is 152 Å². The molecule has 0 amide bonds. The first kappa shape index (κ1) is 19.1. The van der Waals surface area contributed by atoms with E-state index in [-0.39, 0.29) is 0 Å². The Bertz CT molecular complexity index is 836. The van der Waals surface area contributed by atoms with E-state index in [1.807, 2.05) is 66.7 Å². The van der Waals surface area contributed by atoms with Gasteiger partial charge < -0.3 is 10.00 Å². The SMILES string of the molecule is Cc1ccccc1C(=O)O.OP(=S)(c1ccccc1)c1ccccc1. The third-order valence-electron chi connectivity index (χ3n) is 3.59. The van der Waals surface area contributed by atoms with Gasteiger partial charge in [-0.1, -0.05) is 90.7 Å². The standard InChI is InChI=1S/C12H11OPS.C8H8O2/c13-14(15,11-7-3-1-4-8-11)12-9-5-2-6-10-12;1-6-4-2-3-5-7(6)8(9)10/h1-10H,(H,13,15);2-5H,1H3,(H,9,10). The van der Waals surface area contributed by atoms with Crippen LogP contribution in [0.2, 0.25) is 0 Å². The van der Waals surface area contributed by atoms with Crippen molar-refractivity contribution in [1.29, 1.82) is 0 Å². The lowest BCUT2D eigenvalue weighted by Gasteiger charge is -2.15. The van der Waals surface area contributed by atoms with E-state index in [1.165, 1.54) is 0 Å². The van der Waals surface area contributed by atoms with Gasteiger partial charge in [-0.25, -0.2) is 4.79 Å². The molecule has 5 heteroatoms. The molecule has 0 aliphatic carbocycles. The minimum absolute atomic E-state index is 0.377. The fourth-order valence-electron chi connectivity index (χ4n) is 2.22. The maximum Gasteiger partial charge on any atom is 0.335 e. The van der Waals surface area contributed by atoms with Crippen molar-refractivity contribution in [2.75, 3.05) is 0 Å². The van der Waals surface area contributed by atoms with Crippen LogP contribution in [0.3, 0.4) is 0 Å². The van der Waals surface area contributed by atoms with E-state index in [1.54, 1.807) is 25.1 Å². The number of aromatic carboxylic acids is 1. The summed E-state index contributed by atoms with van der Waals surface area (Å²) in [5, 5.41) is 10.2. The molecule has 3 aromatic carbocycles. The van der Waals surface area contributed by atoms with Gasteiger partial charge in [-0.05, 0) is 18.6 Å². The number of benzene rings is 3. The Kier molecular flexibility index (Phi) is 6.65. The van der Waals surface area contributed by atoms with Gasteiger partial charge in [0.05, 0.1) is 5.56 Å². The van der Waals surface area contributed by atoms with Crippen LogP contribution in [-0.2, 0) is 11.8 Å². The number of hydrogen-bond donors (Lipinski definition) is 2. The zero-order chi connectivity index (χ0) is 18.3. The third kappa shape index (κ3) is 5.10. The number of carboxylic acid groups (broad SMARTS) is 1. The van der Waals surface area contributed by atoms with Gasteiger partial charge in [0.1, 0.15) is 6.26 Å². The lowest BCUT2D eigenvalue weighted by atomic mass is 10.1. The maximum absolute atomic E-state index is 10.4. The molecule has 3 rings (SSSR count). The van der Waals surface area contributed by atoms with E-state index in [9.17, 15) is 9.69 Å². The lowest BCUT2D eigenvalue weighted by Crippen LogP contribution is -2.14. The summed E-state index contributed by atoms with van der Waals surface area (Å²) in [4.78, 5) is 20.8. The Balaban J connectivity index is 0.000000196. The van der Waals surface area contributed by atoms with Crippen molar-refractivity contribution in [3.63, 3.8) is 0 Å². The summed E-state index contributed by atoms with van der Waals surface area (Å²) < 4.78 is 0. The van der Waals surface area contributed by atoms with Crippen LogP contribution in [0.15, 0.2) is 84.9 Å². The van der Waals surface area contributed by atoms with Crippen LogP contribution in [0.25, 0.3) is 0 Å². The highest BCUT2D eigenvalue weighted by molar-refractivity contribution is 8.19. The maximum atomic E-state index is 10.4. The fraction of sp³-hybridized carbons (Fsp3) is 0.0500. The van der Waals surface area contributed by atoms with E-state index < -0.39 is 12.2 Å². The van der Waals surface area contributed by atoms with Gasteiger partial charge in [0, 0.05) is 10.6 Å². The van der Waals surface area contributed by atoms with Gasteiger partial charge in [0.25, 0.3) is 0 Å². The van der Waals surface area contributed by atoms with Gasteiger partial charge in [0.2, 0.25) is 0 Å². The quantitative estimate of drug-likeness (QED) is 0.690. The van der Waals surface area contributed by atoms with Crippen molar-refractivity contribution in [1.82, 2.24) is 0 Å². The summed E-state index contributed by atoms with van der Waals surface area (Å²) in [5.41, 5.74) is 1.18. The molecule has 2 N–H and O–H groups in total. The molecule has 0 saturated carbocycles. The van der Waals surface area contributed by atoms with Crippen LogP contribution in [-0.4, -0.2) is 16.0 Å². The van der Waals surface area contributed by atoms with Crippen molar-refractivity contribution in [2.45, 2.75) is 6.92 Å². The summed E-state index contributed by atoms with van der Waals surface area (Å²) >= 11 is 5.34. The van der Waals surface area contributed by atoms with E-state index in [4.69, 9.17) is 16.9 Å². The van der Waals surface area contributed by atoms with E-state index in [2.05, 4.69) is 0 Å². The summed E-state index contributed by atoms with van der Waals surface area (Å²) in [7, 11) is 0. The van der Waals surface area contributed by atoms with Crippen LogP contribution in [0.5, 0.6) is 0 Å². The highest BCUT2D eigenvalue weighted by Gasteiger charge is 2.17. The second-order valence-electron chi connectivity index (χ2n) is 5.37. The number of carboxylic acids is 1. The average molecular weight is 370 g/mol. The Morgan fingerprint density at radius 3 is 1.56 bits per heavy atom. The minimum Gasteiger partial charge on any atom is -0.478 e. The number of rotatable bonds is 3. The number of hydrogen-bond acceptors (Lipinski definition) is 2. The fourth-order valence-corrected chi connectivity index (χ4v) is 4.40. The Morgan fingerprint density at radius 1 is 0.800 bits per heavy atom. The highest BCUT2D eigenvalue weighted by Crippen LogP contribution is 2.37. The lowest BCUT2D eigenvalue weighted by molar-refractivity contribution is 0.0696. The van der Waals surface area contributed by atoms with Crippen LogP contribution in [0.4, 0.5) is 0 Å². The first-order valence-electron chi connectivity index (χ1n) is 7.66. The van der Waals surface area contributed by atoms with Gasteiger partial charge in [-0.3, -0.25) is 0 Å². The zero-order valence-electron chi connectivity index (χ0n) is 13.7. The zero-order valence-corrected chi connectivity index (χ0v) is 15.5. The Hall–Kier alpha value is -2.26. The smallest absolute Gasteiger partial charge is 0.335 e. The third-order valence-corrected chi connectivity index (χ3v) is 6.85. The molecule has 25 heavy (non-hydrogen) atoms. The van der Waals surface area contributed by atoms with Crippen molar-refractivity contribution in [3.8, 4) is 0 Å². The summed E-state index contributed by atoms with van der Waals surface area (Å²) in [6, 6.07) is 25.9. The van der Waals surface area contributed by atoms with E-state index in [0.717, 1.165) is 16.2 Å². The predicted molar refractivity (Wildman–Crippen MR) is 107 cm³/mol. The molecule has 3 nitrogen and oxygen atoms in total. The molecule has 0 atom stereocenters. The molecule has 0 aliphatic heterocycles. The van der Waals surface area contributed by atoms with Gasteiger partial charge in [0.15, 0.2) is 0 Å². The molecular formula is C20H19O3PS. The molecule has 0 aromatic heterocycles. The topological polar surface area (TPSA) is 57.5 Å². The molecule has 3 aromatic rings. The molecule has 0 radical (unpaired) electrons. The summed E-state index contributed by atoms with van der Waals surface area (Å²) in [6.07, 6.45) is -2.56. The number of carbonyl (C=O) groups is 1. The van der Waals surface area contributed by atoms with Gasteiger partial charge >= 0.3 is 5.97 Å². The van der Waals surface area contributed by atoms with E-state index >= 15 is 0 Å². The van der Waals surface area contributed by atoms with Crippen LogP contribution >= 0.6 is 6.26 Å². The average Bonchev–Trinajstić information content (AvgIpc) is 2.64. The molecule has 0 fully saturated rings. The normalized spacial score (nSPS) is 10.5. The monoisotopic (exact) mass is 370 g/mol. The van der Waals surface area contributed by atoms with Gasteiger partial charge in [-0.2, -0.15) is 0 Å². The first-order valence-corrected chi connectivity index (χ1v) is 10.4. The molecule has 0 heterocycles. The van der Waals surface area contributed by atoms with Crippen LogP contribution in [0.1, 0.15) is 15.9 Å². The van der Waals surface area contributed by atoms with Crippen LogP contribution in [0, 0.1) is 6.92 Å². The molecule has 0 aliphatic rings. The van der Waals surface area contributed by atoms with Crippen molar-refractivity contribution < 1.29 is 14.8 Å².